The minimum Gasteiger partial charge on any atom is -0.384 e. The van der Waals surface area contributed by atoms with Gasteiger partial charge in [-0.25, -0.2) is 4.98 Å². The first-order valence-electron chi connectivity index (χ1n) is 5.61. The summed E-state index contributed by atoms with van der Waals surface area (Å²) in [4.78, 5) is 8.14. The number of ether oxygens (including phenoxy) is 1. The number of halogens is 1. The van der Waals surface area contributed by atoms with Crippen molar-refractivity contribution in [2.75, 3.05) is 19.0 Å². The van der Waals surface area contributed by atoms with Crippen molar-refractivity contribution in [2.24, 2.45) is 0 Å². The van der Waals surface area contributed by atoms with Crippen LogP contribution in [0.4, 0.5) is 11.5 Å². The van der Waals surface area contributed by atoms with E-state index < -0.39 is 0 Å². The van der Waals surface area contributed by atoms with Gasteiger partial charge < -0.3 is 10.1 Å². The van der Waals surface area contributed by atoms with E-state index >= 15 is 0 Å². The average molecular weight is 264 g/mol. The number of hydrogen-bond donors (Lipinski definition) is 1. The molecule has 2 rings (SSSR count). The lowest BCUT2D eigenvalue weighted by molar-refractivity contribution is 0.202. The lowest BCUT2D eigenvalue weighted by Gasteiger charge is -2.10. The normalized spacial score (nSPS) is 10.3. The third kappa shape index (κ3) is 3.42. The van der Waals surface area contributed by atoms with Gasteiger partial charge in [0.2, 0.25) is 0 Å². The fourth-order valence-corrected chi connectivity index (χ4v) is 1.76. The summed E-state index contributed by atoms with van der Waals surface area (Å²) in [6, 6.07) is 8.02. The van der Waals surface area contributed by atoms with E-state index in [1.807, 2.05) is 18.2 Å². The summed E-state index contributed by atoms with van der Waals surface area (Å²) >= 11 is 5.80. The van der Waals surface area contributed by atoms with Gasteiger partial charge in [-0.3, -0.25) is 4.98 Å². The van der Waals surface area contributed by atoms with Gasteiger partial charge in [-0.05, 0) is 18.1 Å². The third-order valence-electron chi connectivity index (χ3n) is 2.46. The predicted molar refractivity (Wildman–Crippen MR) is 72.3 cm³/mol. The molecule has 0 fully saturated rings. The van der Waals surface area contributed by atoms with Gasteiger partial charge in [0.05, 0.1) is 19.0 Å². The second kappa shape index (κ2) is 6.33. The van der Waals surface area contributed by atoms with Crippen LogP contribution >= 0.6 is 11.6 Å². The van der Waals surface area contributed by atoms with Gasteiger partial charge in [-0.1, -0.05) is 29.8 Å². The molecular formula is C13H14ClN3O. The third-order valence-corrected chi connectivity index (χ3v) is 2.64. The predicted octanol–water partition coefficient (Wildman–Crippen LogP) is 3.06. The van der Waals surface area contributed by atoms with Crippen molar-refractivity contribution < 1.29 is 4.74 Å². The summed E-state index contributed by atoms with van der Waals surface area (Å²) in [5.41, 5.74) is 2.16. The van der Waals surface area contributed by atoms with Gasteiger partial charge in [0.1, 0.15) is 5.15 Å². The molecule has 0 saturated carbocycles. The number of para-hydroxylation sites is 1. The van der Waals surface area contributed by atoms with Crippen LogP contribution in [0.15, 0.2) is 36.7 Å². The van der Waals surface area contributed by atoms with E-state index in [4.69, 9.17) is 16.3 Å². The fourth-order valence-electron chi connectivity index (χ4n) is 1.61. The van der Waals surface area contributed by atoms with Gasteiger partial charge in [0.15, 0.2) is 5.82 Å². The first-order chi connectivity index (χ1) is 8.79. The second-order valence-electron chi connectivity index (χ2n) is 3.75. The van der Waals surface area contributed by atoms with Crippen LogP contribution in [-0.2, 0) is 11.2 Å². The van der Waals surface area contributed by atoms with Gasteiger partial charge in [0, 0.05) is 12.8 Å². The SMILES string of the molecule is COCCc1ccccc1Nc1cncc(Cl)n1. The van der Waals surface area contributed by atoms with Crippen LogP contribution in [0.25, 0.3) is 0 Å². The van der Waals surface area contributed by atoms with Crippen LogP contribution in [0.2, 0.25) is 5.15 Å². The van der Waals surface area contributed by atoms with Crippen molar-refractivity contribution in [1.29, 1.82) is 0 Å². The standard InChI is InChI=1S/C13H14ClN3O/c1-18-7-6-10-4-2-3-5-11(10)16-13-9-15-8-12(14)17-13/h2-5,8-9H,6-7H2,1H3,(H,16,17). The number of aromatic nitrogens is 2. The molecule has 1 heterocycles. The first-order valence-corrected chi connectivity index (χ1v) is 5.99. The molecule has 5 heteroatoms. The molecule has 94 valence electrons. The zero-order chi connectivity index (χ0) is 12.8. The summed E-state index contributed by atoms with van der Waals surface area (Å²) in [7, 11) is 1.69. The Morgan fingerprint density at radius 2 is 2.11 bits per heavy atom. The summed E-state index contributed by atoms with van der Waals surface area (Å²) in [6.45, 7) is 0.680. The lowest BCUT2D eigenvalue weighted by atomic mass is 10.1. The molecule has 0 unspecified atom stereocenters. The van der Waals surface area contributed by atoms with E-state index in [9.17, 15) is 0 Å². The Morgan fingerprint density at radius 1 is 1.28 bits per heavy atom. The minimum absolute atomic E-state index is 0.370. The summed E-state index contributed by atoms with van der Waals surface area (Å²) < 4.78 is 5.09. The Morgan fingerprint density at radius 3 is 2.89 bits per heavy atom. The zero-order valence-corrected chi connectivity index (χ0v) is 10.8. The number of rotatable bonds is 5. The first kappa shape index (κ1) is 12.8. The van der Waals surface area contributed by atoms with E-state index in [1.165, 1.54) is 11.8 Å². The Kier molecular flexibility index (Phi) is 4.50. The highest BCUT2D eigenvalue weighted by Crippen LogP contribution is 2.20. The molecule has 4 nitrogen and oxygen atoms in total. The Hall–Kier alpha value is -1.65. The van der Waals surface area contributed by atoms with Crippen molar-refractivity contribution >= 4 is 23.1 Å². The van der Waals surface area contributed by atoms with Crippen LogP contribution in [0.5, 0.6) is 0 Å². The second-order valence-corrected chi connectivity index (χ2v) is 4.14. The highest BCUT2D eigenvalue weighted by Gasteiger charge is 2.03. The molecule has 0 bridgehead atoms. The number of benzene rings is 1. The van der Waals surface area contributed by atoms with Crippen LogP contribution in [0, 0.1) is 0 Å². The smallest absolute Gasteiger partial charge is 0.150 e. The van der Waals surface area contributed by atoms with Crippen molar-refractivity contribution in [3.05, 3.63) is 47.4 Å². The van der Waals surface area contributed by atoms with Crippen molar-refractivity contribution in [1.82, 2.24) is 9.97 Å². The van der Waals surface area contributed by atoms with E-state index in [2.05, 4.69) is 21.4 Å². The van der Waals surface area contributed by atoms with E-state index in [0.29, 0.717) is 17.6 Å². The molecule has 0 aliphatic rings. The Balaban J connectivity index is 2.17. The summed E-state index contributed by atoms with van der Waals surface area (Å²) in [5.74, 6) is 0.632. The van der Waals surface area contributed by atoms with E-state index in [1.54, 1.807) is 13.3 Å². The molecule has 0 aliphatic heterocycles. The molecule has 0 aliphatic carbocycles. The topological polar surface area (TPSA) is 47.0 Å². The van der Waals surface area contributed by atoms with Crippen molar-refractivity contribution in [3.63, 3.8) is 0 Å². The van der Waals surface area contributed by atoms with E-state index in [-0.39, 0.29) is 0 Å². The molecule has 0 radical (unpaired) electrons. The number of anilines is 2. The molecule has 0 saturated heterocycles. The van der Waals surface area contributed by atoms with Gasteiger partial charge in [0.25, 0.3) is 0 Å². The van der Waals surface area contributed by atoms with Crippen LogP contribution in [0.1, 0.15) is 5.56 Å². The zero-order valence-electron chi connectivity index (χ0n) is 10.1. The molecule has 0 amide bonds. The summed E-state index contributed by atoms with van der Waals surface area (Å²) in [5, 5.41) is 3.58. The molecule has 2 aromatic rings. The van der Waals surface area contributed by atoms with Crippen LogP contribution in [-0.4, -0.2) is 23.7 Å². The van der Waals surface area contributed by atoms with Crippen LogP contribution in [0.3, 0.4) is 0 Å². The molecule has 0 spiro atoms. The quantitative estimate of drug-likeness (QED) is 0.901. The number of hydrogen-bond acceptors (Lipinski definition) is 4. The molecular weight excluding hydrogens is 250 g/mol. The largest absolute Gasteiger partial charge is 0.384 e. The minimum atomic E-state index is 0.370. The Bertz CT molecular complexity index is 519. The van der Waals surface area contributed by atoms with Gasteiger partial charge in [-0.2, -0.15) is 0 Å². The molecule has 0 atom stereocenters. The molecule has 1 N–H and O–H groups in total. The number of nitrogens with zero attached hydrogens (tertiary/aromatic N) is 2. The van der Waals surface area contributed by atoms with E-state index in [0.717, 1.165) is 12.1 Å². The maximum Gasteiger partial charge on any atom is 0.150 e. The van der Waals surface area contributed by atoms with Crippen molar-refractivity contribution in [3.8, 4) is 0 Å². The van der Waals surface area contributed by atoms with Crippen LogP contribution < -0.4 is 5.32 Å². The average Bonchev–Trinajstić information content (AvgIpc) is 2.38. The maximum atomic E-state index is 5.80. The molecule has 1 aromatic carbocycles. The number of nitrogens with one attached hydrogen (secondary N) is 1. The Labute approximate surface area is 111 Å². The maximum absolute atomic E-state index is 5.80. The molecule has 1 aromatic heterocycles. The summed E-state index contributed by atoms with van der Waals surface area (Å²) in [6.07, 6.45) is 3.98. The van der Waals surface area contributed by atoms with Gasteiger partial charge >= 0.3 is 0 Å². The highest BCUT2D eigenvalue weighted by atomic mass is 35.5. The van der Waals surface area contributed by atoms with Gasteiger partial charge in [-0.15, -0.1) is 0 Å². The highest BCUT2D eigenvalue weighted by molar-refractivity contribution is 6.29. The monoisotopic (exact) mass is 263 g/mol. The van der Waals surface area contributed by atoms with Crippen molar-refractivity contribution in [2.45, 2.75) is 6.42 Å². The lowest BCUT2D eigenvalue weighted by Crippen LogP contribution is -2.01. The fraction of sp³-hybridized carbons (Fsp3) is 0.231. The molecule has 18 heavy (non-hydrogen) atoms. The number of methoxy groups -OCH3 is 1.